The third-order valence-corrected chi connectivity index (χ3v) is 26.3. The molecule has 0 saturated heterocycles. The zero-order valence-electron chi connectivity index (χ0n) is 68.8. The molecule has 24 rings (SSSR count). The highest BCUT2D eigenvalue weighted by molar-refractivity contribution is 7.00. The maximum Gasteiger partial charge on any atom is 0.252 e. The molecule has 2 aliphatic heterocycles. The van der Waals surface area contributed by atoms with Gasteiger partial charge in [0.25, 0.3) is 6.71 Å². The van der Waals surface area contributed by atoms with Crippen LogP contribution < -0.4 is 26.2 Å². The first-order valence-electron chi connectivity index (χ1n) is 42.7. The summed E-state index contributed by atoms with van der Waals surface area (Å²) in [7, 11) is 0. The van der Waals surface area contributed by atoms with E-state index in [4.69, 9.17) is 4.42 Å². The molecule has 0 amide bonds. The molecule has 0 aliphatic carbocycles. The highest BCUT2D eigenvalue weighted by Crippen LogP contribution is 2.57. The quantitative estimate of drug-likeness (QED) is 0.121. The summed E-state index contributed by atoms with van der Waals surface area (Å²) in [6.45, 7) is 13.5. The van der Waals surface area contributed by atoms with Crippen molar-refractivity contribution in [3.05, 3.63) is 405 Å². The Hall–Kier alpha value is -15.0. The molecule has 0 saturated carbocycles. The summed E-state index contributed by atoms with van der Waals surface area (Å²) in [5.41, 5.74) is 39.1. The minimum atomic E-state index is -0.327. The molecule has 0 atom stereocenters. The van der Waals surface area contributed by atoms with E-state index in [-0.39, 0.29) is 17.5 Å². The average molecular weight is 1560 g/mol. The molecule has 0 N–H and O–H groups in total. The van der Waals surface area contributed by atoms with Crippen molar-refractivity contribution in [3.8, 4) is 94.7 Å². The minimum Gasteiger partial charge on any atom is -0.456 e. The van der Waals surface area contributed by atoms with Gasteiger partial charge in [0, 0.05) is 93.8 Å². The van der Waals surface area contributed by atoms with E-state index in [9.17, 15) is 0 Å². The van der Waals surface area contributed by atoms with E-state index in [2.05, 4.69) is 455 Å². The van der Waals surface area contributed by atoms with Crippen molar-refractivity contribution in [1.82, 2.24) is 8.97 Å². The van der Waals surface area contributed by atoms with E-state index >= 15 is 0 Å². The Morgan fingerprint density at radius 2 is 0.598 bits per heavy atom. The summed E-state index contributed by atoms with van der Waals surface area (Å²) in [6, 6.07) is 150. The fourth-order valence-corrected chi connectivity index (χ4v) is 20.4. The number of aromatic nitrogens is 2. The van der Waals surface area contributed by atoms with Crippen molar-refractivity contribution < 1.29 is 4.42 Å². The maximum absolute atomic E-state index is 6.62. The maximum atomic E-state index is 6.62. The number of para-hydroxylation sites is 5. The van der Waals surface area contributed by atoms with Crippen LogP contribution in [-0.2, 0) is 10.8 Å². The summed E-state index contributed by atoms with van der Waals surface area (Å²) in [5, 5.41) is 9.55. The third-order valence-electron chi connectivity index (χ3n) is 26.3. The number of hydrogen-bond acceptors (Lipinski definition) is 3. The predicted octanol–water partition coefficient (Wildman–Crippen LogP) is 29.8. The molecule has 4 aromatic heterocycles. The van der Waals surface area contributed by atoms with Crippen LogP contribution >= 0.6 is 0 Å². The van der Waals surface area contributed by atoms with Crippen LogP contribution in [0.15, 0.2) is 399 Å². The summed E-state index contributed by atoms with van der Waals surface area (Å²) < 4.78 is 11.6. The molecule has 0 radical (unpaired) electrons. The standard InChI is InChI=1S/C116H83BN4O/c1-115(2,3)84-53-46-72(47-54-84)81-64-93(74-28-11-7-12-29-74)113(94(65-81)75-30-13-8-14-31-75)120-105-68-80(78-52-61-110-98(63-78)90-39-22-26-45-109(90)122-110)50-58-99(105)117-100-59-57-86(118-101-42-23-19-36-87(101)88-37-20-24-43-102(88)118)71-106(100)121(114-95(76-32-15-9-16-33-76)66-82(67-96(114)77-34-17-10-18-35-77)73-48-55-85(56-49-73)116(4,5)6)108-70-83(69-107(120)111(108)117)79-51-60-104-97(62-79)92-41-27-40-91-89-38-21-25-44-103(89)119(104)112(91)92/h7-71H,1-6H3. The monoisotopic (exact) mass is 1560 g/mol. The second-order valence-corrected chi connectivity index (χ2v) is 35.5. The lowest BCUT2D eigenvalue weighted by Gasteiger charge is -2.46. The molecule has 2 aliphatic rings. The normalized spacial score (nSPS) is 12.8. The van der Waals surface area contributed by atoms with Crippen LogP contribution in [0.1, 0.15) is 52.7 Å². The van der Waals surface area contributed by atoms with Crippen molar-refractivity contribution >= 4 is 139 Å². The first-order valence-corrected chi connectivity index (χ1v) is 42.7. The number of hydrogen-bond donors (Lipinski definition) is 0. The van der Waals surface area contributed by atoms with Crippen molar-refractivity contribution in [2.45, 2.75) is 52.4 Å². The lowest BCUT2D eigenvalue weighted by Crippen LogP contribution is -2.61. The zero-order valence-corrected chi connectivity index (χ0v) is 68.8. The lowest BCUT2D eigenvalue weighted by molar-refractivity contribution is 0.590. The van der Waals surface area contributed by atoms with Crippen LogP contribution in [0.25, 0.3) is 177 Å². The van der Waals surface area contributed by atoms with Crippen molar-refractivity contribution in [2.75, 3.05) is 9.80 Å². The fraction of sp³-hybridized carbons (Fsp3) is 0.0690. The fourth-order valence-electron chi connectivity index (χ4n) is 20.4. The van der Waals surface area contributed by atoms with Gasteiger partial charge in [0.1, 0.15) is 11.2 Å². The lowest BCUT2D eigenvalue weighted by atomic mass is 9.33. The summed E-state index contributed by atoms with van der Waals surface area (Å²) in [6.07, 6.45) is 0. The van der Waals surface area contributed by atoms with Gasteiger partial charge < -0.3 is 23.2 Å². The molecule has 22 aromatic rings. The van der Waals surface area contributed by atoms with Crippen LogP contribution in [0.2, 0.25) is 0 Å². The highest BCUT2D eigenvalue weighted by atomic mass is 16.3. The first kappa shape index (κ1) is 71.2. The average Bonchev–Trinajstić information content (AvgIpc) is 1.12. The van der Waals surface area contributed by atoms with Gasteiger partial charge in [-0.3, -0.25) is 0 Å². The predicted molar refractivity (Wildman–Crippen MR) is 518 cm³/mol. The van der Waals surface area contributed by atoms with E-state index in [1.54, 1.807) is 0 Å². The summed E-state index contributed by atoms with van der Waals surface area (Å²) >= 11 is 0. The van der Waals surface area contributed by atoms with Crippen LogP contribution in [0, 0.1) is 0 Å². The van der Waals surface area contributed by atoms with Crippen molar-refractivity contribution in [1.29, 1.82) is 0 Å². The Bertz CT molecular complexity index is 7830. The minimum absolute atomic E-state index is 0.0368. The second-order valence-electron chi connectivity index (χ2n) is 35.5. The zero-order chi connectivity index (χ0) is 81.4. The molecule has 6 heteroatoms. The molecule has 18 aromatic carbocycles. The molecule has 6 heterocycles. The van der Waals surface area contributed by atoms with Crippen LogP contribution in [0.3, 0.4) is 0 Å². The number of nitrogens with zero attached hydrogens (tertiary/aromatic N) is 4. The summed E-state index contributed by atoms with van der Waals surface area (Å²) in [4.78, 5) is 5.46. The van der Waals surface area contributed by atoms with Gasteiger partial charge in [-0.2, -0.15) is 0 Å². The van der Waals surface area contributed by atoms with Gasteiger partial charge >= 0.3 is 0 Å². The number of furan rings is 1. The molecule has 0 unspecified atom stereocenters. The van der Waals surface area contributed by atoms with Crippen LogP contribution in [0.4, 0.5) is 34.1 Å². The van der Waals surface area contributed by atoms with Gasteiger partial charge in [0.2, 0.25) is 0 Å². The van der Waals surface area contributed by atoms with Gasteiger partial charge in [-0.1, -0.05) is 333 Å². The largest absolute Gasteiger partial charge is 0.456 e. The first-order chi connectivity index (χ1) is 59.8. The van der Waals surface area contributed by atoms with Crippen molar-refractivity contribution in [2.24, 2.45) is 0 Å². The Labute approximate surface area is 710 Å². The second kappa shape index (κ2) is 27.3. The van der Waals surface area contributed by atoms with Gasteiger partial charge in [-0.15, -0.1) is 0 Å². The molecule has 0 bridgehead atoms. The Morgan fingerprint density at radius 1 is 0.238 bits per heavy atom. The molecule has 122 heavy (non-hydrogen) atoms. The van der Waals surface area contributed by atoms with E-state index in [1.807, 2.05) is 0 Å². The van der Waals surface area contributed by atoms with E-state index in [0.717, 1.165) is 162 Å². The van der Waals surface area contributed by atoms with Crippen LogP contribution in [0.5, 0.6) is 0 Å². The Balaban J connectivity index is 0.876. The number of benzene rings is 18. The summed E-state index contributed by atoms with van der Waals surface area (Å²) in [5.74, 6) is 0. The van der Waals surface area contributed by atoms with Gasteiger partial charge in [-0.05, 0) is 208 Å². The smallest absolute Gasteiger partial charge is 0.252 e. The SMILES string of the molecule is CC(C)(C)c1ccc(-c2cc(-c3ccccc3)c(N3c4cc(-c5ccc6oc7ccccc7c6c5)ccc4B4c5ccc(-n6c7ccccc7c7ccccc76)cc5N(c5c(-c6ccccc6)cc(-c6ccc(C(C)(C)C)cc6)cc5-c5ccccc5)c5cc(-c6ccc7c(c6)c6cccc8c9ccccc9n7c86)cc3c54)c(-c3ccccc3)c2)cc1. The molecular formula is C116H83BN4O. The number of fused-ring (bicyclic) bond motifs is 16. The van der Waals surface area contributed by atoms with Gasteiger partial charge in [0.15, 0.2) is 0 Å². The topological polar surface area (TPSA) is 29.0 Å². The highest BCUT2D eigenvalue weighted by Gasteiger charge is 2.46. The van der Waals surface area contributed by atoms with E-state index in [1.165, 1.54) is 76.4 Å². The van der Waals surface area contributed by atoms with Crippen molar-refractivity contribution in [3.63, 3.8) is 0 Å². The molecule has 0 spiro atoms. The molecular weight excluding hydrogens is 1480 g/mol. The van der Waals surface area contributed by atoms with E-state index < -0.39 is 0 Å². The Morgan fingerprint density at radius 3 is 1.11 bits per heavy atom. The molecule has 576 valence electrons. The van der Waals surface area contributed by atoms with Gasteiger partial charge in [-0.25, -0.2) is 0 Å². The number of rotatable bonds is 11. The van der Waals surface area contributed by atoms with Gasteiger partial charge in [0.05, 0.1) is 39.0 Å². The number of anilines is 6. The third kappa shape index (κ3) is 11.2. The molecule has 5 nitrogen and oxygen atoms in total. The van der Waals surface area contributed by atoms with E-state index in [0.29, 0.717) is 0 Å². The van der Waals surface area contributed by atoms with Crippen LogP contribution in [-0.4, -0.2) is 15.7 Å². The Kier molecular flexibility index (Phi) is 15.9. The molecule has 0 fully saturated rings.